The summed E-state index contributed by atoms with van der Waals surface area (Å²) in [5.74, 6) is -0.0917. The van der Waals surface area contributed by atoms with E-state index in [0.717, 1.165) is 11.6 Å². The van der Waals surface area contributed by atoms with Crippen molar-refractivity contribution in [1.29, 1.82) is 0 Å². The predicted octanol–water partition coefficient (Wildman–Crippen LogP) is 1.76. The Bertz CT molecular complexity index is 1070. The topological polar surface area (TPSA) is 160 Å². The Kier molecular flexibility index (Phi) is 8.67. The van der Waals surface area contributed by atoms with Crippen LogP contribution in [0, 0.1) is 10.1 Å². The minimum atomic E-state index is -3.95. The maximum absolute atomic E-state index is 12.2. The zero-order valence-electron chi connectivity index (χ0n) is 17.6. The van der Waals surface area contributed by atoms with E-state index in [1.165, 1.54) is 18.2 Å². The van der Waals surface area contributed by atoms with Crippen molar-refractivity contribution in [2.75, 3.05) is 18.4 Å². The molecule has 0 saturated carbocycles. The molecule has 0 radical (unpaired) electrons. The van der Waals surface area contributed by atoms with Crippen molar-refractivity contribution < 1.29 is 22.9 Å². The standard InChI is InChI=1S/C20H25N5O6S/c1-14(2)23-19(26)12-15-6-8-16(9-7-15)24-20(27)21-10-11-22-32(30,31)18-5-3-4-17(13-18)25(28)29/h3-9,13-14,22H,10-12H2,1-2H3,(H,23,26)(H2,21,24,27). The molecule has 3 amide bonds. The average molecular weight is 464 g/mol. The molecule has 0 aliphatic carbocycles. The van der Waals surface area contributed by atoms with E-state index in [-0.39, 0.29) is 42.0 Å². The number of rotatable bonds is 10. The fourth-order valence-corrected chi connectivity index (χ4v) is 3.72. The van der Waals surface area contributed by atoms with Crippen LogP contribution in [0.2, 0.25) is 0 Å². The van der Waals surface area contributed by atoms with E-state index in [0.29, 0.717) is 5.69 Å². The van der Waals surface area contributed by atoms with Crippen molar-refractivity contribution >= 4 is 33.3 Å². The first kappa shape index (κ1) is 24.8. The number of urea groups is 1. The molecule has 12 heteroatoms. The summed E-state index contributed by atoms with van der Waals surface area (Å²) in [5, 5.41) is 18.7. The van der Waals surface area contributed by atoms with Crippen LogP contribution in [-0.4, -0.2) is 44.4 Å². The number of hydrogen-bond donors (Lipinski definition) is 4. The molecule has 0 atom stereocenters. The van der Waals surface area contributed by atoms with Gasteiger partial charge in [0, 0.05) is 37.0 Å². The van der Waals surface area contributed by atoms with Crippen LogP contribution in [-0.2, 0) is 21.2 Å². The van der Waals surface area contributed by atoms with Gasteiger partial charge in [-0.3, -0.25) is 14.9 Å². The fraction of sp³-hybridized carbons (Fsp3) is 0.300. The van der Waals surface area contributed by atoms with E-state index in [4.69, 9.17) is 0 Å². The Morgan fingerprint density at radius 2 is 1.75 bits per heavy atom. The van der Waals surface area contributed by atoms with Gasteiger partial charge in [-0.1, -0.05) is 18.2 Å². The molecule has 4 N–H and O–H groups in total. The average Bonchev–Trinajstić information content (AvgIpc) is 2.72. The molecule has 0 aromatic heterocycles. The molecule has 0 aliphatic heterocycles. The highest BCUT2D eigenvalue weighted by Crippen LogP contribution is 2.17. The van der Waals surface area contributed by atoms with Gasteiger partial charge in [0.25, 0.3) is 5.69 Å². The molecule has 0 fully saturated rings. The number of benzene rings is 2. The molecule has 2 aromatic carbocycles. The molecule has 0 unspecified atom stereocenters. The summed E-state index contributed by atoms with van der Waals surface area (Å²) in [6.45, 7) is 3.64. The maximum Gasteiger partial charge on any atom is 0.319 e. The van der Waals surface area contributed by atoms with Crippen molar-refractivity contribution in [3.8, 4) is 0 Å². The third kappa shape index (κ3) is 7.96. The Hall–Kier alpha value is -3.51. The van der Waals surface area contributed by atoms with Gasteiger partial charge in [-0.2, -0.15) is 0 Å². The summed E-state index contributed by atoms with van der Waals surface area (Å²) < 4.78 is 26.7. The summed E-state index contributed by atoms with van der Waals surface area (Å²) in [5.41, 5.74) is 0.967. The summed E-state index contributed by atoms with van der Waals surface area (Å²) in [6.07, 6.45) is 0.232. The zero-order chi connectivity index (χ0) is 23.7. The number of nitrogens with zero attached hydrogens (tertiary/aromatic N) is 1. The van der Waals surface area contributed by atoms with Crippen LogP contribution in [0.4, 0.5) is 16.2 Å². The molecule has 11 nitrogen and oxygen atoms in total. The second-order valence-corrected chi connectivity index (χ2v) is 8.90. The largest absolute Gasteiger partial charge is 0.354 e. The summed E-state index contributed by atoms with van der Waals surface area (Å²) in [4.78, 5) is 33.6. The van der Waals surface area contributed by atoms with E-state index >= 15 is 0 Å². The number of anilines is 1. The van der Waals surface area contributed by atoms with E-state index in [1.807, 2.05) is 13.8 Å². The van der Waals surface area contributed by atoms with Crippen LogP contribution < -0.4 is 20.7 Å². The smallest absolute Gasteiger partial charge is 0.319 e. The van der Waals surface area contributed by atoms with E-state index < -0.39 is 21.0 Å². The lowest BCUT2D eigenvalue weighted by atomic mass is 10.1. The highest BCUT2D eigenvalue weighted by atomic mass is 32.2. The predicted molar refractivity (Wildman–Crippen MR) is 119 cm³/mol. The summed E-state index contributed by atoms with van der Waals surface area (Å²) in [7, 11) is -3.95. The molecule has 0 spiro atoms. The number of nitro groups is 1. The lowest BCUT2D eigenvalue weighted by Crippen LogP contribution is -2.36. The van der Waals surface area contributed by atoms with Crippen molar-refractivity contribution in [1.82, 2.24) is 15.4 Å². The number of nitrogens with one attached hydrogen (secondary N) is 4. The lowest BCUT2D eigenvalue weighted by molar-refractivity contribution is -0.385. The molecule has 0 bridgehead atoms. The number of carbonyl (C=O) groups is 2. The lowest BCUT2D eigenvalue weighted by Gasteiger charge is -2.10. The molecule has 2 rings (SSSR count). The molecular formula is C20H25N5O6S. The minimum Gasteiger partial charge on any atom is -0.354 e. The van der Waals surface area contributed by atoms with Gasteiger partial charge in [0.2, 0.25) is 15.9 Å². The Balaban J connectivity index is 1.78. The van der Waals surface area contributed by atoms with Crippen molar-refractivity contribution in [2.24, 2.45) is 0 Å². The van der Waals surface area contributed by atoms with Crippen molar-refractivity contribution in [3.63, 3.8) is 0 Å². The minimum absolute atomic E-state index is 0.00650. The first-order valence-corrected chi connectivity index (χ1v) is 11.2. The number of non-ortho nitro benzene ring substituents is 1. The van der Waals surface area contributed by atoms with Crippen LogP contribution in [0.15, 0.2) is 53.4 Å². The van der Waals surface area contributed by atoms with Gasteiger partial charge in [-0.15, -0.1) is 0 Å². The second-order valence-electron chi connectivity index (χ2n) is 7.13. The Morgan fingerprint density at radius 1 is 1.06 bits per heavy atom. The summed E-state index contributed by atoms with van der Waals surface area (Å²) in [6, 6.07) is 11.0. The van der Waals surface area contributed by atoms with Gasteiger partial charge < -0.3 is 16.0 Å². The van der Waals surface area contributed by atoms with Gasteiger partial charge >= 0.3 is 6.03 Å². The molecular weight excluding hydrogens is 438 g/mol. The van der Waals surface area contributed by atoms with Crippen LogP contribution in [0.5, 0.6) is 0 Å². The Morgan fingerprint density at radius 3 is 2.38 bits per heavy atom. The number of amides is 3. The van der Waals surface area contributed by atoms with Crippen LogP contribution in [0.3, 0.4) is 0 Å². The third-order valence-electron chi connectivity index (χ3n) is 4.07. The Labute approximate surface area is 185 Å². The first-order chi connectivity index (χ1) is 15.1. The highest BCUT2D eigenvalue weighted by Gasteiger charge is 2.17. The van der Waals surface area contributed by atoms with E-state index in [1.54, 1.807) is 24.3 Å². The zero-order valence-corrected chi connectivity index (χ0v) is 18.4. The van der Waals surface area contributed by atoms with Gasteiger partial charge in [0.1, 0.15) is 0 Å². The summed E-state index contributed by atoms with van der Waals surface area (Å²) >= 11 is 0. The van der Waals surface area contributed by atoms with Crippen molar-refractivity contribution in [2.45, 2.75) is 31.2 Å². The molecule has 0 heterocycles. The number of hydrogen-bond acceptors (Lipinski definition) is 6. The van der Waals surface area contributed by atoms with Crippen LogP contribution in [0.1, 0.15) is 19.4 Å². The number of nitro benzene ring substituents is 1. The van der Waals surface area contributed by atoms with Gasteiger partial charge in [0.05, 0.1) is 16.2 Å². The number of sulfonamides is 1. The van der Waals surface area contributed by atoms with Gasteiger partial charge in [-0.25, -0.2) is 17.9 Å². The third-order valence-corrected chi connectivity index (χ3v) is 5.53. The highest BCUT2D eigenvalue weighted by molar-refractivity contribution is 7.89. The first-order valence-electron chi connectivity index (χ1n) is 9.74. The van der Waals surface area contributed by atoms with Crippen LogP contribution >= 0.6 is 0 Å². The van der Waals surface area contributed by atoms with E-state index in [9.17, 15) is 28.1 Å². The second kappa shape index (κ2) is 11.2. The quantitative estimate of drug-likeness (QED) is 0.239. The van der Waals surface area contributed by atoms with Gasteiger partial charge in [0.15, 0.2) is 0 Å². The molecule has 172 valence electrons. The van der Waals surface area contributed by atoms with Gasteiger partial charge in [-0.05, 0) is 37.6 Å². The number of carbonyl (C=O) groups excluding carboxylic acids is 2. The molecule has 0 saturated heterocycles. The monoisotopic (exact) mass is 463 g/mol. The fourth-order valence-electron chi connectivity index (χ4n) is 2.65. The molecule has 32 heavy (non-hydrogen) atoms. The normalized spacial score (nSPS) is 11.1. The van der Waals surface area contributed by atoms with Crippen molar-refractivity contribution in [3.05, 3.63) is 64.2 Å². The maximum atomic E-state index is 12.2. The van der Waals surface area contributed by atoms with Crippen LogP contribution in [0.25, 0.3) is 0 Å². The SMILES string of the molecule is CC(C)NC(=O)Cc1ccc(NC(=O)NCCNS(=O)(=O)c2cccc([N+](=O)[O-])c2)cc1. The molecule has 2 aromatic rings. The van der Waals surface area contributed by atoms with E-state index in [2.05, 4.69) is 20.7 Å². The molecule has 0 aliphatic rings.